The SMILES string of the molecule is COC(=O)C1CCC(c2nc(C3Cc4cccc(OC)c4N3)c3c(N)nccn23)CC1. The summed E-state index contributed by atoms with van der Waals surface area (Å²) in [6.45, 7) is 0. The van der Waals surface area contributed by atoms with Crippen LogP contribution in [0.3, 0.4) is 0 Å². The molecule has 1 aromatic carbocycles. The summed E-state index contributed by atoms with van der Waals surface area (Å²) >= 11 is 0. The Morgan fingerprint density at radius 1 is 1.23 bits per heavy atom. The number of nitrogens with zero attached hydrogens (tertiary/aromatic N) is 3. The van der Waals surface area contributed by atoms with Gasteiger partial charge in [-0.05, 0) is 37.3 Å². The average molecular weight is 422 g/mol. The molecule has 1 fully saturated rings. The van der Waals surface area contributed by atoms with Crippen LogP contribution >= 0.6 is 0 Å². The van der Waals surface area contributed by atoms with Gasteiger partial charge in [0.05, 0.1) is 37.6 Å². The number of carbonyl (C=O) groups is 1. The van der Waals surface area contributed by atoms with E-state index in [1.54, 1.807) is 13.3 Å². The largest absolute Gasteiger partial charge is 0.495 e. The second-order valence-corrected chi connectivity index (χ2v) is 8.35. The molecule has 2 aromatic heterocycles. The van der Waals surface area contributed by atoms with E-state index in [2.05, 4.69) is 20.8 Å². The molecule has 3 N–H and O–H groups in total. The van der Waals surface area contributed by atoms with Crippen LogP contribution in [0.1, 0.15) is 54.7 Å². The Morgan fingerprint density at radius 2 is 2.03 bits per heavy atom. The second kappa shape index (κ2) is 7.76. The molecule has 0 saturated heterocycles. The van der Waals surface area contributed by atoms with Gasteiger partial charge < -0.3 is 20.5 Å². The number of nitrogens with two attached hydrogens (primary N) is 1. The van der Waals surface area contributed by atoms with Gasteiger partial charge in [0.1, 0.15) is 22.9 Å². The summed E-state index contributed by atoms with van der Waals surface area (Å²) in [6.07, 6.45) is 7.88. The maximum absolute atomic E-state index is 11.9. The zero-order valence-electron chi connectivity index (χ0n) is 17.8. The third kappa shape index (κ3) is 3.26. The normalized spacial score (nSPS) is 22.7. The summed E-state index contributed by atoms with van der Waals surface area (Å²) in [4.78, 5) is 21.4. The van der Waals surface area contributed by atoms with Crippen LogP contribution in [0.2, 0.25) is 0 Å². The molecule has 0 spiro atoms. The lowest BCUT2D eigenvalue weighted by molar-refractivity contribution is -0.146. The van der Waals surface area contributed by atoms with E-state index >= 15 is 0 Å². The molecule has 1 atom stereocenters. The summed E-state index contributed by atoms with van der Waals surface area (Å²) < 4.78 is 12.5. The van der Waals surface area contributed by atoms with E-state index in [4.69, 9.17) is 20.2 Å². The summed E-state index contributed by atoms with van der Waals surface area (Å²) in [5.74, 6) is 2.44. The molecule has 31 heavy (non-hydrogen) atoms. The van der Waals surface area contributed by atoms with E-state index in [1.165, 1.54) is 12.7 Å². The summed E-state index contributed by atoms with van der Waals surface area (Å²) in [5, 5.41) is 3.59. The van der Waals surface area contributed by atoms with E-state index in [0.717, 1.165) is 60.6 Å². The van der Waals surface area contributed by atoms with Crippen molar-refractivity contribution in [3.8, 4) is 5.75 Å². The lowest BCUT2D eigenvalue weighted by atomic mass is 9.81. The predicted octanol–water partition coefficient (Wildman–Crippen LogP) is 3.48. The van der Waals surface area contributed by atoms with Crippen molar-refractivity contribution in [2.75, 3.05) is 25.3 Å². The molecule has 0 amide bonds. The van der Waals surface area contributed by atoms with Crippen LogP contribution in [0, 0.1) is 5.92 Å². The Kier molecular flexibility index (Phi) is 4.92. The number of esters is 1. The lowest BCUT2D eigenvalue weighted by Gasteiger charge is -2.26. The maximum Gasteiger partial charge on any atom is 0.308 e. The van der Waals surface area contributed by atoms with Crippen molar-refractivity contribution in [3.05, 3.63) is 47.7 Å². The highest BCUT2D eigenvalue weighted by molar-refractivity contribution is 5.74. The molecule has 2 aliphatic rings. The molecule has 1 aliphatic carbocycles. The van der Waals surface area contributed by atoms with Gasteiger partial charge in [-0.3, -0.25) is 9.20 Å². The molecule has 1 saturated carbocycles. The van der Waals surface area contributed by atoms with Crippen molar-refractivity contribution >= 4 is 23.0 Å². The predicted molar refractivity (Wildman–Crippen MR) is 117 cm³/mol. The van der Waals surface area contributed by atoms with Crippen LogP contribution in [-0.4, -0.2) is 34.6 Å². The van der Waals surface area contributed by atoms with Gasteiger partial charge in [0, 0.05) is 24.7 Å². The van der Waals surface area contributed by atoms with Gasteiger partial charge in [-0.2, -0.15) is 0 Å². The fraction of sp³-hybridized carbons (Fsp3) is 0.435. The molecule has 162 valence electrons. The molecule has 1 unspecified atom stereocenters. The smallest absolute Gasteiger partial charge is 0.308 e. The molecule has 8 nitrogen and oxygen atoms in total. The number of carbonyl (C=O) groups excluding carboxylic acids is 1. The number of anilines is 2. The minimum Gasteiger partial charge on any atom is -0.495 e. The summed E-state index contributed by atoms with van der Waals surface area (Å²) in [6, 6.07) is 6.07. The van der Waals surface area contributed by atoms with E-state index in [-0.39, 0.29) is 23.8 Å². The van der Waals surface area contributed by atoms with Crippen molar-refractivity contribution in [1.82, 2.24) is 14.4 Å². The number of nitrogens with one attached hydrogen (secondary N) is 1. The first-order valence-electron chi connectivity index (χ1n) is 10.7. The van der Waals surface area contributed by atoms with Gasteiger partial charge in [-0.15, -0.1) is 0 Å². The van der Waals surface area contributed by atoms with E-state index in [0.29, 0.717) is 5.82 Å². The number of imidazole rings is 1. The van der Waals surface area contributed by atoms with Gasteiger partial charge in [0.25, 0.3) is 0 Å². The standard InChI is InChI=1S/C23H27N5O3/c1-30-17-5-3-4-15-12-16(26-18(15)17)19-20-21(24)25-10-11-28(20)22(27-19)13-6-8-14(9-7-13)23(29)31-2/h3-5,10-11,13-14,16,26H,6-9,12H2,1-2H3,(H2,24,25). The van der Waals surface area contributed by atoms with Crippen LogP contribution in [0.25, 0.3) is 5.52 Å². The molecule has 0 bridgehead atoms. The fourth-order valence-corrected chi connectivity index (χ4v) is 5.09. The molecule has 3 aromatic rings. The van der Waals surface area contributed by atoms with Gasteiger partial charge in [0.15, 0.2) is 0 Å². The van der Waals surface area contributed by atoms with E-state index in [1.807, 2.05) is 18.3 Å². The quantitative estimate of drug-likeness (QED) is 0.622. The van der Waals surface area contributed by atoms with Crippen molar-refractivity contribution in [2.45, 2.75) is 44.1 Å². The van der Waals surface area contributed by atoms with Gasteiger partial charge in [0.2, 0.25) is 0 Å². The zero-order valence-corrected chi connectivity index (χ0v) is 17.8. The monoisotopic (exact) mass is 421 g/mol. The van der Waals surface area contributed by atoms with Crippen molar-refractivity contribution in [3.63, 3.8) is 0 Å². The number of fused-ring (bicyclic) bond motifs is 2. The van der Waals surface area contributed by atoms with Crippen LogP contribution < -0.4 is 15.8 Å². The molecule has 1 aliphatic heterocycles. The minimum atomic E-state index is -0.109. The number of para-hydroxylation sites is 1. The second-order valence-electron chi connectivity index (χ2n) is 8.35. The number of nitrogen functional groups attached to an aromatic ring is 1. The van der Waals surface area contributed by atoms with Gasteiger partial charge >= 0.3 is 5.97 Å². The first kappa shape index (κ1) is 19.7. The Bertz CT molecular complexity index is 1130. The highest BCUT2D eigenvalue weighted by Crippen LogP contribution is 2.43. The third-order valence-corrected chi connectivity index (χ3v) is 6.67. The maximum atomic E-state index is 11.9. The lowest BCUT2D eigenvalue weighted by Crippen LogP contribution is -2.23. The molecule has 3 heterocycles. The van der Waals surface area contributed by atoms with Crippen LogP contribution in [0.15, 0.2) is 30.6 Å². The third-order valence-electron chi connectivity index (χ3n) is 6.67. The molecular weight excluding hydrogens is 394 g/mol. The number of methoxy groups -OCH3 is 2. The number of benzene rings is 1. The Hall–Kier alpha value is -3.29. The fourth-order valence-electron chi connectivity index (χ4n) is 5.09. The van der Waals surface area contributed by atoms with E-state index < -0.39 is 0 Å². The first-order chi connectivity index (χ1) is 15.1. The highest BCUT2D eigenvalue weighted by atomic mass is 16.5. The van der Waals surface area contributed by atoms with Crippen molar-refractivity contribution < 1.29 is 14.3 Å². The van der Waals surface area contributed by atoms with Gasteiger partial charge in [-0.1, -0.05) is 12.1 Å². The van der Waals surface area contributed by atoms with Crippen LogP contribution in [0.5, 0.6) is 5.75 Å². The summed E-state index contributed by atoms with van der Waals surface area (Å²) in [7, 11) is 3.14. The van der Waals surface area contributed by atoms with Crippen molar-refractivity contribution in [1.29, 1.82) is 0 Å². The Labute approximate surface area is 180 Å². The molecule has 0 radical (unpaired) electrons. The number of hydrogen-bond acceptors (Lipinski definition) is 7. The minimum absolute atomic E-state index is 0.00652. The molecule has 8 heteroatoms. The topological polar surface area (TPSA) is 104 Å². The number of rotatable bonds is 4. The van der Waals surface area contributed by atoms with E-state index in [9.17, 15) is 4.79 Å². The zero-order chi connectivity index (χ0) is 21.5. The Morgan fingerprint density at radius 3 is 2.77 bits per heavy atom. The molecular formula is C23H27N5O3. The Balaban J connectivity index is 1.49. The highest BCUT2D eigenvalue weighted by Gasteiger charge is 2.34. The molecule has 5 rings (SSSR count). The van der Waals surface area contributed by atoms with Gasteiger partial charge in [-0.25, -0.2) is 9.97 Å². The average Bonchev–Trinajstić information content (AvgIpc) is 3.41. The number of hydrogen-bond donors (Lipinski definition) is 2. The number of aromatic nitrogens is 3. The first-order valence-corrected chi connectivity index (χ1v) is 10.7. The van der Waals surface area contributed by atoms with Crippen molar-refractivity contribution in [2.24, 2.45) is 5.92 Å². The van der Waals surface area contributed by atoms with Crippen LogP contribution in [-0.2, 0) is 16.0 Å². The number of ether oxygens (including phenoxy) is 2. The summed E-state index contributed by atoms with van der Waals surface area (Å²) in [5.41, 5.74) is 10.3. The van der Waals surface area contributed by atoms with Crippen LogP contribution in [0.4, 0.5) is 11.5 Å².